The molecule has 0 aromatic carbocycles. The van der Waals surface area contributed by atoms with E-state index in [-0.39, 0.29) is 0 Å². The molecule has 2 nitrogen and oxygen atoms in total. The highest BCUT2D eigenvalue weighted by Crippen LogP contribution is 2.26. The van der Waals surface area contributed by atoms with Gasteiger partial charge in [-0.25, -0.2) is 0 Å². The first-order valence-corrected chi connectivity index (χ1v) is 7.21. The summed E-state index contributed by atoms with van der Waals surface area (Å²) in [5.74, 6) is 0. The molecule has 96 valence electrons. The Hall–Kier alpha value is -0.0800. The van der Waals surface area contributed by atoms with Crippen LogP contribution < -0.4 is 5.32 Å². The summed E-state index contributed by atoms with van der Waals surface area (Å²) in [6, 6.07) is 2.33. The minimum absolute atomic E-state index is 0.699. The molecule has 2 heteroatoms. The summed E-state index contributed by atoms with van der Waals surface area (Å²) < 4.78 is 0. The topological polar surface area (TPSA) is 15.3 Å². The SMILES string of the molecule is CCCC(CN1C(C)CCC1CC)NCC. The van der Waals surface area contributed by atoms with Crippen molar-refractivity contribution in [3.8, 4) is 0 Å². The Morgan fingerprint density at radius 3 is 2.56 bits per heavy atom. The molecule has 0 aromatic heterocycles. The fourth-order valence-electron chi connectivity index (χ4n) is 3.04. The molecule has 0 aromatic rings. The van der Waals surface area contributed by atoms with Gasteiger partial charge in [0.25, 0.3) is 0 Å². The molecule has 1 N–H and O–H groups in total. The van der Waals surface area contributed by atoms with E-state index in [0.29, 0.717) is 6.04 Å². The second kappa shape index (κ2) is 7.29. The Kier molecular flexibility index (Phi) is 6.37. The summed E-state index contributed by atoms with van der Waals surface area (Å²) in [6.45, 7) is 11.6. The van der Waals surface area contributed by atoms with Crippen molar-refractivity contribution in [2.75, 3.05) is 13.1 Å². The van der Waals surface area contributed by atoms with Gasteiger partial charge in [-0.05, 0) is 39.2 Å². The third kappa shape index (κ3) is 3.74. The maximum Gasteiger partial charge on any atom is 0.0195 e. The van der Waals surface area contributed by atoms with E-state index in [4.69, 9.17) is 0 Å². The highest BCUT2D eigenvalue weighted by atomic mass is 15.2. The van der Waals surface area contributed by atoms with Gasteiger partial charge in [0.05, 0.1) is 0 Å². The monoisotopic (exact) mass is 226 g/mol. The van der Waals surface area contributed by atoms with Crippen molar-refractivity contribution < 1.29 is 0 Å². The number of nitrogens with one attached hydrogen (secondary N) is 1. The Balaban J connectivity index is 2.47. The van der Waals surface area contributed by atoms with Crippen molar-refractivity contribution in [2.45, 2.75) is 77.9 Å². The van der Waals surface area contributed by atoms with Gasteiger partial charge in [-0.2, -0.15) is 0 Å². The summed E-state index contributed by atoms with van der Waals surface area (Å²) >= 11 is 0. The molecular formula is C14H30N2. The molecule has 3 atom stereocenters. The van der Waals surface area contributed by atoms with Crippen LogP contribution in [0.5, 0.6) is 0 Å². The van der Waals surface area contributed by atoms with Gasteiger partial charge >= 0.3 is 0 Å². The van der Waals surface area contributed by atoms with E-state index in [0.717, 1.165) is 18.6 Å². The van der Waals surface area contributed by atoms with Crippen LogP contribution in [0.1, 0.15) is 59.8 Å². The van der Waals surface area contributed by atoms with E-state index in [9.17, 15) is 0 Å². The van der Waals surface area contributed by atoms with E-state index in [2.05, 4.69) is 37.9 Å². The molecule has 1 aliphatic heterocycles. The van der Waals surface area contributed by atoms with Gasteiger partial charge in [0, 0.05) is 24.7 Å². The molecule has 1 aliphatic rings. The summed E-state index contributed by atoms with van der Waals surface area (Å²) in [5.41, 5.74) is 0. The number of hydrogen-bond donors (Lipinski definition) is 1. The average Bonchev–Trinajstić information content (AvgIpc) is 2.61. The van der Waals surface area contributed by atoms with Crippen LogP contribution in [0.4, 0.5) is 0 Å². The van der Waals surface area contributed by atoms with Crippen LogP contribution in [0.2, 0.25) is 0 Å². The number of hydrogen-bond acceptors (Lipinski definition) is 2. The van der Waals surface area contributed by atoms with E-state index in [1.54, 1.807) is 0 Å². The lowest BCUT2D eigenvalue weighted by molar-refractivity contribution is 0.173. The quantitative estimate of drug-likeness (QED) is 0.718. The highest BCUT2D eigenvalue weighted by Gasteiger charge is 2.30. The molecule has 0 aliphatic carbocycles. The van der Waals surface area contributed by atoms with Crippen molar-refractivity contribution in [1.29, 1.82) is 0 Å². The van der Waals surface area contributed by atoms with Crippen LogP contribution in [0.3, 0.4) is 0 Å². The second-order valence-corrected chi connectivity index (χ2v) is 5.23. The fraction of sp³-hybridized carbons (Fsp3) is 1.00. The van der Waals surface area contributed by atoms with Crippen molar-refractivity contribution >= 4 is 0 Å². The van der Waals surface area contributed by atoms with Crippen molar-refractivity contribution in [3.05, 3.63) is 0 Å². The first-order valence-electron chi connectivity index (χ1n) is 7.21. The Morgan fingerprint density at radius 2 is 2.00 bits per heavy atom. The van der Waals surface area contributed by atoms with E-state index in [1.165, 1.54) is 38.6 Å². The van der Waals surface area contributed by atoms with Crippen LogP contribution in [0, 0.1) is 0 Å². The van der Waals surface area contributed by atoms with Gasteiger partial charge in [0.15, 0.2) is 0 Å². The first-order chi connectivity index (χ1) is 7.72. The van der Waals surface area contributed by atoms with Gasteiger partial charge in [0.2, 0.25) is 0 Å². The lowest BCUT2D eigenvalue weighted by Gasteiger charge is -2.32. The third-order valence-electron chi connectivity index (χ3n) is 3.99. The fourth-order valence-corrected chi connectivity index (χ4v) is 3.04. The average molecular weight is 226 g/mol. The van der Waals surface area contributed by atoms with E-state index < -0.39 is 0 Å². The smallest absolute Gasteiger partial charge is 0.0195 e. The van der Waals surface area contributed by atoms with Gasteiger partial charge < -0.3 is 5.32 Å². The molecule has 1 heterocycles. The van der Waals surface area contributed by atoms with Crippen LogP contribution in [-0.2, 0) is 0 Å². The lowest BCUT2D eigenvalue weighted by Crippen LogP contribution is -2.45. The van der Waals surface area contributed by atoms with Gasteiger partial charge in [-0.1, -0.05) is 27.2 Å². The number of likely N-dealkylation sites (N-methyl/N-ethyl adjacent to an activating group) is 1. The van der Waals surface area contributed by atoms with Crippen LogP contribution in [-0.4, -0.2) is 36.1 Å². The van der Waals surface area contributed by atoms with Gasteiger partial charge in [-0.15, -0.1) is 0 Å². The predicted octanol–water partition coefficient (Wildman–Crippen LogP) is 3.03. The van der Waals surface area contributed by atoms with Crippen LogP contribution in [0.25, 0.3) is 0 Å². The molecule has 3 unspecified atom stereocenters. The zero-order valence-electron chi connectivity index (χ0n) is 11.6. The van der Waals surface area contributed by atoms with Gasteiger partial charge in [0.1, 0.15) is 0 Å². The molecular weight excluding hydrogens is 196 g/mol. The number of nitrogens with zero attached hydrogens (tertiary/aromatic N) is 1. The van der Waals surface area contributed by atoms with Crippen molar-refractivity contribution in [2.24, 2.45) is 0 Å². The van der Waals surface area contributed by atoms with Crippen LogP contribution >= 0.6 is 0 Å². The molecule has 1 rings (SSSR count). The lowest BCUT2D eigenvalue weighted by atomic mass is 10.1. The summed E-state index contributed by atoms with van der Waals surface area (Å²) in [4.78, 5) is 2.74. The molecule has 0 bridgehead atoms. The predicted molar refractivity (Wildman–Crippen MR) is 71.9 cm³/mol. The minimum atomic E-state index is 0.699. The Morgan fingerprint density at radius 1 is 1.25 bits per heavy atom. The molecule has 16 heavy (non-hydrogen) atoms. The minimum Gasteiger partial charge on any atom is -0.313 e. The third-order valence-corrected chi connectivity index (χ3v) is 3.99. The molecule has 0 spiro atoms. The molecule has 0 saturated carbocycles. The standard InChI is InChI=1S/C14H30N2/c1-5-8-13(15-7-3)11-16-12(4)9-10-14(16)6-2/h12-15H,5-11H2,1-4H3. The number of likely N-dealkylation sites (tertiary alicyclic amines) is 1. The van der Waals surface area contributed by atoms with E-state index in [1.807, 2.05) is 0 Å². The maximum absolute atomic E-state index is 3.63. The van der Waals surface area contributed by atoms with Crippen molar-refractivity contribution in [1.82, 2.24) is 10.2 Å². The normalized spacial score (nSPS) is 28.5. The van der Waals surface area contributed by atoms with E-state index >= 15 is 0 Å². The second-order valence-electron chi connectivity index (χ2n) is 5.23. The first kappa shape index (κ1) is 14.0. The molecule has 0 radical (unpaired) electrons. The highest BCUT2D eigenvalue weighted by molar-refractivity contribution is 4.87. The number of rotatable bonds is 7. The largest absolute Gasteiger partial charge is 0.313 e. The molecule has 1 fully saturated rings. The van der Waals surface area contributed by atoms with Gasteiger partial charge in [-0.3, -0.25) is 4.90 Å². The zero-order valence-corrected chi connectivity index (χ0v) is 11.6. The van der Waals surface area contributed by atoms with Crippen LogP contribution in [0.15, 0.2) is 0 Å². The van der Waals surface area contributed by atoms with Crippen molar-refractivity contribution in [3.63, 3.8) is 0 Å². The summed E-state index contributed by atoms with van der Waals surface area (Å²) in [5, 5.41) is 3.63. The Labute approximate surface area is 102 Å². The zero-order chi connectivity index (χ0) is 12.0. The molecule has 0 amide bonds. The Bertz CT molecular complexity index is 176. The summed E-state index contributed by atoms with van der Waals surface area (Å²) in [7, 11) is 0. The molecule has 1 saturated heterocycles. The maximum atomic E-state index is 3.63. The summed E-state index contributed by atoms with van der Waals surface area (Å²) in [6.07, 6.45) is 6.71.